The number of fused-ring (bicyclic) bond motifs is 12. The number of nitrogens with zero attached hydrogens (tertiary/aromatic N) is 1. The van der Waals surface area contributed by atoms with Gasteiger partial charge in [-0.1, -0.05) is 183 Å². The number of aryl methyl sites for hydroxylation is 2. The summed E-state index contributed by atoms with van der Waals surface area (Å²) in [6.07, 6.45) is 14.6. The summed E-state index contributed by atoms with van der Waals surface area (Å²) in [6.45, 7) is 7.65. The van der Waals surface area contributed by atoms with E-state index >= 15 is 0 Å². The van der Waals surface area contributed by atoms with Gasteiger partial charge in [0.05, 0.1) is 37.6 Å². The molecular formula is C76H88NNaO8. The van der Waals surface area contributed by atoms with Gasteiger partial charge in [-0.2, -0.15) is 0 Å². The fourth-order valence-corrected chi connectivity index (χ4v) is 15.9. The number of carbonyl (C=O) groups excluding carboxylic acids is 1. The largest absolute Gasteiger partial charge is 1.00 e. The van der Waals surface area contributed by atoms with Crippen LogP contribution >= 0.6 is 0 Å². The van der Waals surface area contributed by atoms with Crippen molar-refractivity contribution in [2.45, 2.75) is 160 Å². The van der Waals surface area contributed by atoms with E-state index in [2.05, 4.69) is 111 Å². The van der Waals surface area contributed by atoms with E-state index in [0.717, 1.165) is 85.4 Å². The first-order chi connectivity index (χ1) is 41.5. The topological polar surface area (TPSA) is 124 Å². The Morgan fingerprint density at radius 3 is 1.44 bits per heavy atom. The predicted molar refractivity (Wildman–Crippen MR) is 334 cm³/mol. The van der Waals surface area contributed by atoms with Crippen LogP contribution in [-0.2, 0) is 60.1 Å². The van der Waals surface area contributed by atoms with E-state index in [9.17, 15) is 15.0 Å². The molecule has 12 atom stereocenters. The fraction of sp³-hybridized carbons (Fsp3) is 0.434. The molecule has 1 amide bonds. The van der Waals surface area contributed by atoms with Gasteiger partial charge >= 0.3 is 29.6 Å². The molecule has 0 aromatic heterocycles. The van der Waals surface area contributed by atoms with E-state index in [1.165, 1.54) is 71.9 Å². The van der Waals surface area contributed by atoms with Gasteiger partial charge in [0.15, 0.2) is 0 Å². The third-order valence-corrected chi connectivity index (χ3v) is 20.7. The van der Waals surface area contributed by atoms with E-state index in [1.807, 2.05) is 98.0 Å². The first-order valence-corrected chi connectivity index (χ1v) is 31.6. The van der Waals surface area contributed by atoms with Crippen molar-refractivity contribution in [1.82, 2.24) is 4.90 Å². The van der Waals surface area contributed by atoms with Gasteiger partial charge in [0.25, 0.3) is 0 Å². The summed E-state index contributed by atoms with van der Waals surface area (Å²) < 4.78 is 24.5. The molecular weight excluding hydrogens is 1080 g/mol. The minimum Gasteiger partial charge on any atom is -0.851 e. The van der Waals surface area contributed by atoms with Crippen molar-refractivity contribution >= 4 is 5.91 Å². The van der Waals surface area contributed by atoms with Gasteiger partial charge in [0.2, 0.25) is 5.91 Å². The smallest absolute Gasteiger partial charge is 0.851 e. The van der Waals surface area contributed by atoms with Crippen molar-refractivity contribution in [1.29, 1.82) is 0 Å². The molecule has 10 heteroatoms. The summed E-state index contributed by atoms with van der Waals surface area (Å²) in [6, 6.07) is 63.6. The van der Waals surface area contributed by atoms with Gasteiger partial charge in [0.1, 0.15) is 24.7 Å². The molecule has 4 saturated carbocycles. The fourth-order valence-electron chi connectivity index (χ4n) is 15.9. The molecule has 6 fully saturated rings. The molecule has 7 aromatic rings. The van der Waals surface area contributed by atoms with E-state index < -0.39 is 0 Å². The number of likely N-dealkylation sites (tertiary alicyclic amines) is 1. The van der Waals surface area contributed by atoms with E-state index in [1.54, 1.807) is 10.5 Å². The van der Waals surface area contributed by atoms with Crippen LogP contribution in [0.15, 0.2) is 188 Å². The Hall–Kier alpha value is -5.59. The summed E-state index contributed by atoms with van der Waals surface area (Å²) >= 11 is 0. The quantitative estimate of drug-likeness (QED) is 0.0970. The van der Waals surface area contributed by atoms with Crippen molar-refractivity contribution in [3.05, 3.63) is 238 Å². The number of amides is 1. The van der Waals surface area contributed by atoms with Crippen LogP contribution in [0.5, 0.6) is 11.5 Å². The van der Waals surface area contributed by atoms with E-state index in [4.69, 9.17) is 24.1 Å². The maximum atomic E-state index is 11.4. The molecule has 9 nitrogen and oxygen atoms in total. The van der Waals surface area contributed by atoms with Gasteiger partial charge in [0, 0.05) is 20.0 Å². The maximum absolute atomic E-state index is 11.4. The number of hydrogen-bond acceptors (Lipinski definition) is 8. The normalized spacial score (nSPS) is 28.2. The number of benzene rings is 7. The van der Waals surface area contributed by atoms with Gasteiger partial charge in [-0.05, 0) is 186 Å². The molecule has 2 aliphatic heterocycles. The molecule has 0 radical (unpaired) electrons. The Morgan fingerprint density at radius 1 is 0.570 bits per heavy atom. The average Bonchev–Trinajstić information content (AvgIpc) is 1.60. The molecule has 8 aliphatic rings. The number of aliphatic hydroxyl groups is 2. The minimum absolute atomic E-state index is 0. The van der Waals surface area contributed by atoms with E-state index in [0.29, 0.717) is 61.1 Å². The molecule has 2 N–H and O–H groups in total. The Kier molecular flexibility index (Phi) is 21.8. The summed E-state index contributed by atoms with van der Waals surface area (Å²) in [5.74, 6) is 6.50. The molecule has 2 saturated heterocycles. The van der Waals surface area contributed by atoms with Crippen LogP contribution in [0.2, 0.25) is 0 Å². The number of aliphatic hydroxyl groups excluding tert-OH is 2. The van der Waals surface area contributed by atoms with Gasteiger partial charge < -0.3 is 39.2 Å². The third kappa shape index (κ3) is 14.9. The molecule has 15 rings (SSSR count). The van der Waals surface area contributed by atoms with Crippen LogP contribution in [0.1, 0.15) is 140 Å². The molecule has 86 heavy (non-hydrogen) atoms. The first-order valence-electron chi connectivity index (χ1n) is 31.6. The third-order valence-electron chi connectivity index (χ3n) is 20.7. The van der Waals surface area contributed by atoms with Crippen LogP contribution in [0, 0.1) is 34.5 Å². The molecule has 2 heterocycles. The van der Waals surface area contributed by atoms with Crippen molar-refractivity contribution in [2.75, 3.05) is 13.6 Å². The Balaban J connectivity index is 0.000000140. The van der Waals surface area contributed by atoms with Crippen molar-refractivity contribution in [3.63, 3.8) is 0 Å². The second-order valence-electron chi connectivity index (χ2n) is 25.7. The number of rotatable bonds is 11. The van der Waals surface area contributed by atoms with E-state index in [-0.39, 0.29) is 60.4 Å². The molecule has 6 unspecified atom stereocenters. The molecule has 7 aromatic carbocycles. The summed E-state index contributed by atoms with van der Waals surface area (Å²) in [5.41, 5.74) is 11.9. The Morgan fingerprint density at radius 2 is 1.02 bits per heavy atom. The first kappa shape index (κ1) is 63.4. The van der Waals surface area contributed by atoms with Crippen molar-refractivity contribution in [2.24, 2.45) is 34.5 Å². The minimum atomic E-state index is -0.382. The molecule has 0 spiro atoms. The second kappa shape index (κ2) is 29.6. The maximum Gasteiger partial charge on any atom is 1.00 e. The van der Waals surface area contributed by atoms with Gasteiger partial charge in [-0.15, -0.1) is 6.61 Å². The summed E-state index contributed by atoms with van der Waals surface area (Å²) in [4.78, 5) is 12.3. The zero-order chi connectivity index (χ0) is 58.8. The second-order valence-corrected chi connectivity index (χ2v) is 25.7. The SMILES string of the molecule is CN1CCCC1=O.C[C@]12CCC3c4ccc(OCc5ccccc5)cc4CCC3C1C[C@H](OCc1ccccc1)[C@H]2O.C[C@]12CCC3c4ccc(OCc5ccccc5)cc4CCC3C1C[C@H]1O[C@H]12.OCc1ccccc1.[Na+].[O-]Cc1ccccc1. The monoisotopic (exact) mass is 1170 g/mol. The summed E-state index contributed by atoms with van der Waals surface area (Å²) in [7, 11) is 1.84. The predicted octanol–water partition coefficient (Wildman–Crippen LogP) is 11.1. The van der Waals surface area contributed by atoms with Crippen LogP contribution in [0.25, 0.3) is 0 Å². The molecule has 446 valence electrons. The van der Waals surface area contributed by atoms with Gasteiger partial charge in [-0.25, -0.2) is 0 Å². The zero-order valence-corrected chi connectivity index (χ0v) is 53.2. The molecule has 6 aliphatic carbocycles. The van der Waals surface area contributed by atoms with Crippen LogP contribution < -0.4 is 44.1 Å². The van der Waals surface area contributed by atoms with Gasteiger partial charge in [-0.3, -0.25) is 4.79 Å². The van der Waals surface area contributed by atoms with Crippen LogP contribution in [-0.4, -0.2) is 59.0 Å². The van der Waals surface area contributed by atoms with Crippen LogP contribution in [0.4, 0.5) is 0 Å². The van der Waals surface area contributed by atoms with Crippen molar-refractivity contribution in [3.8, 4) is 11.5 Å². The van der Waals surface area contributed by atoms with Crippen molar-refractivity contribution < 1.29 is 68.6 Å². The Labute approximate surface area is 533 Å². The molecule has 0 bridgehead atoms. The standard InChI is InChI=1S/C32H36O3.C25H28O2.C7H8O.C7H7O.C5H9NO.Na/c1-32-17-16-27-26-15-13-25(34-20-22-8-4-2-5-9-22)18-24(26)12-14-28(27)29(32)19-30(31(32)33)35-21-23-10-6-3-7-11-23;1-25-12-11-20-19-10-8-18(26-15-16-5-3-2-4-6-16)13-17(19)7-9-21(20)22(25)14-23-24(25)27-23;2*8-6-7-4-2-1-3-5-7;1-6-4-2-3-5(6)7;/h2-11,13,15,18,27-31,33H,12,14,16-17,19-21H2,1H3;2-6,8,10,13,20-24H,7,9,11-12,14-15H2,1H3;1-5,8H,6H2;1-5H,6H2;2-4H2,1H3;/q;;;-1;;+1/t27?,28?,29?,30-,31+,32-;20?,21?,22?,23-,24-,25+;;;;/m01..../s1. The Bertz CT molecular complexity index is 3190. The summed E-state index contributed by atoms with van der Waals surface area (Å²) in [5, 5.41) is 30.0. The number of carbonyl (C=O) groups is 1. The number of epoxide rings is 1. The zero-order valence-electron chi connectivity index (χ0n) is 51.2. The van der Waals surface area contributed by atoms with Crippen LogP contribution in [0.3, 0.4) is 0 Å². The average molecular weight is 1170 g/mol. The number of hydrogen-bond donors (Lipinski definition) is 2. The number of ether oxygens (including phenoxy) is 4.